The van der Waals surface area contributed by atoms with E-state index in [9.17, 15) is 13.2 Å². The van der Waals surface area contributed by atoms with Gasteiger partial charge < -0.3 is 4.90 Å². The Kier molecular flexibility index (Phi) is 2.97. The van der Waals surface area contributed by atoms with Gasteiger partial charge >= 0.3 is 6.18 Å². The number of hydrogen-bond donors (Lipinski definition) is 0. The lowest BCUT2D eigenvalue weighted by Gasteiger charge is -2.19. The van der Waals surface area contributed by atoms with E-state index in [1.165, 1.54) is 6.20 Å². The van der Waals surface area contributed by atoms with Gasteiger partial charge in [-0.15, -0.1) is 0 Å². The normalized spacial score (nSPS) is 16.9. The van der Waals surface area contributed by atoms with Crippen LogP contribution in [0.5, 0.6) is 0 Å². The Morgan fingerprint density at radius 2 is 1.88 bits per heavy atom. The fourth-order valence-corrected chi connectivity index (χ4v) is 1.99. The molecular formula is C10H10ClF3N2. The van der Waals surface area contributed by atoms with Crippen LogP contribution in [-0.2, 0) is 6.18 Å². The van der Waals surface area contributed by atoms with E-state index in [-0.39, 0.29) is 0 Å². The number of rotatable bonds is 1. The smallest absolute Gasteiger partial charge is 0.370 e. The molecule has 1 aromatic heterocycles. The highest BCUT2D eigenvalue weighted by Gasteiger charge is 2.34. The molecule has 1 aliphatic heterocycles. The highest BCUT2D eigenvalue weighted by atomic mass is 35.5. The quantitative estimate of drug-likeness (QED) is 0.711. The molecule has 1 saturated heterocycles. The van der Waals surface area contributed by atoms with E-state index in [0.717, 1.165) is 32.0 Å². The summed E-state index contributed by atoms with van der Waals surface area (Å²) in [6.07, 6.45) is -1.04. The molecule has 1 aromatic rings. The number of anilines is 1. The zero-order valence-corrected chi connectivity index (χ0v) is 9.15. The molecule has 88 valence electrons. The molecule has 6 heteroatoms. The molecule has 0 radical (unpaired) electrons. The predicted octanol–water partition coefficient (Wildman–Crippen LogP) is 3.35. The lowest BCUT2D eigenvalue weighted by atomic mass is 10.2. The highest BCUT2D eigenvalue weighted by Crippen LogP contribution is 2.36. The first kappa shape index (κ1) is 11.5. The van der Waals surface area contributed by atoms with Gasteiger partial charge in [-0.25, -0.2) is 4.98 Å². The van der Waals surface area contributed by atoms with E-state index in [1.54, 1.807) is 0 Å². The Hall–Kier alpha value is -0.970. The third-order valence-corrected chi connectivity index (χ3v) is 2.90. The molecule has 0 unspecified atom stereocenters. The van der Waals surface area contributed by atoms with E-state index in [1.807, 2.05) is 4.90 Å². The van der Waals surface area contributed by atoms with E-state index >= 15 is 0 Å². The molecule has 0 bridgehead atoms. The molecule has 1 aliphatic rings. The largest absolute Gasteiger partial charge is 0.419 e. The zero-order chi connectivity index (χ0) is 11.8. The highest BCUT2D eigenvalue weighted by molar-refractivity contribution is 6.30. The standard InChI is InChI=1S/C10H10ClF3N2/c11-9-8(10(12,13)14)5-7(6-15-9)16-3-1-2-4-16/h5-6H,1-4H2. The number of nitrogens with zero attached hydrogens (tertiary/aromatic N) is 2. The van der Waals surface area contributed by atoms with Crippen molar-refractivity contribution in [2.75, 3.05) is 18.0 Å². The molecule has 0 atom stereocenters. The lowest BCUT2D eigenvalue weighted by molar-refractivity contribution is -0.137. The van der Waals surface area contributed by atoms with Crippen molar-refractivity contribution in [1.82, 2.24) is 4.98 Å². The maximum Gasteiger partial charge on any atom is 0.419 e. The minimum Gasteiger partial charge on any atom is -0.370 e. The summed E-state index contributed by atoms with van der Waals surface area (Å²) in [5.41, 5.74) is -0.368. The average molecular weight is 251 g/mol. The summed E-state index contributed by atoms with van der Waals surface area (Å²) in [6, 6.07) is 1.07. The molecule has 2 nitrogen and oxygen atoms in total. The van der Waals surface area contributed by atoms with Crippen LogP contribution >= 0.6 is 11.6 Å². The summed E-state index contributed by atoms with van der Waals surface area (Å²) in [7, 11) is 0. The third-order valence-electron chi connectivity index (χ3n) is 2.60. The maximum absolute atomic E-state index is 12.6. The van der Waals surface area contributed by atoms with Gasteiger partial charge in [-0.3, -0.25) is 0 Å². The molecule has 0 spiro atoms. The first-order chi connectivity index (χ1) is 7.48. The molecule has 0 N–H and O–H groups in total. The number of aromatic nitrogens is 1. The van der Waals surface area contributed by atoms with Crippen LogP contribution in [0.3, 0.4) is 0 Å². The van der Waals surface area contributed by atoms with Crippen molar-refractivity contribution in [3.05, 3.63) is 23.0 Å². The second-order valence-corrected chi connectivity index (χ2v) is 4.08. The van der Waals surface area contributed by atoms with Gasteiger partial charge in [0.2, 0.25) is 0 Å². The summed E-state index contributed by atoms with van der Waals surface area (Å²) in [5, 5.41) is -0.490. The van der Waals surface area contributed by atoms with Gasteiger partial charge in [0.15, 0.2) is 0 Å². The summed E-state index contributed by atoms with van der Waals surface area (Å²) in [4.78, 5) is 5.48. The van der Waals surface area contributed by atoms with Crippen LogP contribution in [0, 0.1) is 0 Å². The molecule has 2 heterocycles. The second kappa shape index (κ2) is 4.13. The van der Waals surface area contributed by atoms with Crippen molar-refractivity contribution < 1.29 is 13.2 Å². The molecule has 16 heavy (non-hydrogen) atoms. The van der Waals surface area contributed by atoms with Crippen molar-refractivity contribution in [2.45, 2.75) is 19.0 Å². The van der Waals surface area contributed by atoms with Crippen molar-refractivity contribution >= 4 is 17.3 Å². The topological polar surface area (TPSA) is 16.1 Å². The van der Waals surface area contributed by atoms with Gasteiger partial charge in [0.05, 0.1) is 17.4 Å². The summed E-state index contributed by atoms with van der Waals surface area (Å²) >= 11 is 5.44. The fourth-order valence-electron chi connectivity index (χ4n) is 1.78. The number of hydrogen-bond acceptors (Lipinski definition) is 2. The van der Waals surface area contributed by atoms with Crippen LogP contribution in [0.15, 0.2) is 12.3 Å². The van der Waals surface area contributed by atoms with Gasteiger partial charge in [-0.2, -0.15) is 13.2 Å². The van der Waals surface area contributed by atoms with Crippen LogP contribution in [0.25, 0.3) is 0 Å². The van der Waals surface area contributed by atoms with Gasteiger partial charge in [0, 0.05) is 13.1 Å². The lowest BCUT2D eigenvalue weighted by Crippen LogP contribution is -2.19. The van der Waals surface area contributed by atoms with Crippen molar-refractivity contribution in [3.8, 4) is 0 Å². The Bertz CT molecular complexity index is 386. The van der Waals surface area contributed by atoms with E-state index < -0.39 is 16.9 Å². The summed E-state index contributed by atoms with van der Waals surface area (Å²) in [5.74, 6) is 0. The van der Waals surface area contributed by atoms with Crippen molar-refractivity contribution in [3.63, 3.8) is 0 Å². The fraction of sp³-hybridized carbons (Fsp3) is 0.500. The minimum absolute atomic E-state index is 0.490. The summed E-state index contributed by atoms with van der Waals surface area (Å²) < 4.78 is 37.7. The van der Waals surface area contributed by atoms with Crippen LogP contribution in [0.4, 0.5) is 18.9 Å². The van der Waals surface area contributed by atoms with Gasteiger partial charge in [-0.05, 0) is 18.9 Å². The monoisotopic (exact) mass is 250 g/mol. The Morgan fingerprint density at radius 1 is 1.25 bits per heavy atom. The molecule has 2 rings (SSSR count). The number of halogens is 4. The summed E-state index contributed by atoms with van der Waals surface area (Å²) in [6.45, 7) is 1.56. The number of pyridine rings is 1. The molecule has 0 amide bonds. The van der Waals surface area contributed by atoms with E-state index in [4.69, 9.17) is 11.6 Å². The van der Waals surface area contributed by atoms with Crippen molar-refractivity contribution in [1.29, 1.82) is 0 Å². The van der Waals surface area contributed by atoms with Crippen LogP contribution in [-0.4, -0.2) is 18.1 Å². The Morgan fingerprint density at radius 3 is 2.44 bits per heavy atom. The first-order valence-corrected chi connectivity index (χ1v) is 5.34. The molecule has 0 saturated carbocycles. The SMILES string of the molecule is FC(F)(F)c1cc(N2CCCC2)cnc1Cl. The Labute approximate surface area is 96.0 Å². The second-order valence-electron chi connectivity index (χ2n) is 3.72. The van der Waals surface area contributed by atoms with Crippen molar-refractivity contribution in [2.24, 2.45) is 0 Å². The predicted molar refractivity (Wildman–Crippen MR) is 55.7 cm³/mol. The average Bonchev–Trinajstić information content (AvgIpc) is 2.69. The zero-order valence-electron chi connectivity index (χ0n) is 8.39. The Balaban J connectivity index is 2.35. The molecule has 0 aromatic carbocycles. The first-order valence-electron chi connectivity index (χ1n) is 4.96. The van der Waals surface area contributed by atoms with Gasteiger partial charge in [-0.1, -0.05) is 11.6 Å². The van der Waals surface area contributed by atoms with E-state index in [0.29, 0.717) is 5.69 Å². The van der Waals surface area contributed by atoms with Gasteiger partial charge in [0.25, 0.3) is 0 Å². The van der Waals surface area contributed by atoms with Crippen LogP contribution in [0.2, 0.25) is 5.15 Å². The van der Waals surface area contributed by atoms with E-state index in [2.05, 4.69) is 4.98 Å². The molecular weight excluding hydrogens is 241 g/mol. The number of alkyl halides is 3. The maximum atomic E-state index is 12.6. The van der Waals surface area contributed by atoms with Gasteiger partial charge in [0.1, 0.15) is 5.15 Å². The molecule has 0 aliphatic carbocycles. The third kappa shape index (κ3) is 2.24. The van der Waals surface area contributed by atoms with Crippen LogP contribution < -0.4 is 4.90 Å². The minimum atomic E-state index is -4.44. The van der Waals surface area contributed by atoms with Crippen LogP contribution in [0.1, 0.15) is 18.4 Å². The molecule has 1 fully saturated rings.